The van der Waals surface area contributed by atoms with Gasteiger partial charge in [-0.25, -0.2) is 0 Å². The van der Waals surface area contributed by atoms with Crippen LogP contribution in [-0.2, 0) is 0 Å². The van der Waals surface area contributed by atoms with Gasteiger partial charge < -0.3 is 0 Å². The zero-order chi connectivity index (χ0) is 7.23. The Balaban J connectivity index is 2.22. The maximum absolute atomic E-state index is 2.20. The van der Waals surface area contributed by atoms with Gasteiger partial charge in [-0.3, -0.25) is 0 Å². The average molecular weight is 243 g/mol. The van der Waals surface area contributed by atoms with Crippen LogP contribution in [0.5, 0.6) is 0 Å². The SMILES string of the molecule is I/C=C/C=C/[C]1[CH][CH][CH][CH]1. The minimum atomic E-state index is 1.26. The summed E-state index contributed by atoms with van der Waals surface area (Å²) in [6.07, 6.45) is 14.3. The van der Waals surface area contributed by atoms with Gasteiger partial charge in [-0.15, -0.1) is 0 Å². The summed E-state index contributed by atoms with van der Waals surface area (Å²) in [6, 6.07) is 0. The molecular formula is C9H8I. The van der Waals surface area contributed by atoms with Crippen LogP contribution in [0.15, 0.2) is 22.3 Å². The highest BCUT2D eigenvalue weighted by Gasteiger charge is 2.12. The average Bonchev–Trinajstić information content (AvgIpc) is 2.41. The minimum absolute atomic E-state index is 1.26. The largest absolute Gasteiger partial charge is 0.0768 e. The molecule has 1 aliphatic rings. The predicted molar refractivity (Wildman–Crippen MR) is 52.7 cm³/mol. The third-order valence-electron chi connectivity index (χ3n) is 1.16. The number of hydrogen-bond acceptors (Lipinski definition) is 0. The van der Waals surface area contributed by atoms with Crippen molar-refractivity contribution < 1.29 is 0 Å². The summed E-state index contributed by atoms with van der Waals surface area (Å²) in [5.74, 6) is 1.26. The molecule has 10 heavy (non-hydrogen) atoms. The number of hydrogen-bond donors (Lipinski definition) is 0. The molecule has 0 amide bonds. The van der Waals surface area contributed by atoms with Crippen LogP contribution in [0.2, 0.25) is 0 Å². The highest BCUT2D eigenvalue weighted by molar-refractivity contribution is 14.1. The summed E-state index contributed by atoms with van der Waals surface area (Å²) >= 11 is 2.20. The molecule has 0 heterocycles. The molecule has 1 fully saturated rings. The summed E-state index contributed by atoms with van der Waals surface area (Å²) in [5.41, 5.74) is 0. The van der Waals surface area contributed by atoms with Crippen molar-refractivity contribution in [3.8, 4) is 0 Å². The van der Waals surface area contributed by atoms with E-state index in [0.29, 0.717) is 0 Å². The van der Waals surface area contributed by atoms with Gasteiger partial charge in [0.2, 0.25) is 0 Å². The quantitative estimate of drug-likeness (QED) is 0.516. The second kappa shape index (κ2) is 4.94. The topological polar surface area (TPSA) is 0 Å². The van der Waals surface area contributed by atoms with Crippen LogP contribution < -0.4 is 0 Å². The maximum Gasteiger partial charge on any atom is 0.00499 e. The van der Waals surface area contributed by atoms with E-state index in [4.69, 9.17) is 0 Å². The van der Waals surface area contributed by atoms with E-state index in [1.807, 2.05) is 29.1 Å². The number of allylic oxidation sites excluding steroid dienone is 3. The highest BCUT2D eigenvalue weighted by atomic mass is 127. The van der Waals surface area contributed by atoms with Crippen LogP contribution in [0.1, 0.15) is 0 Å². The molecule has 0 spiro atoms. The van der Waals surface area contributed by atoms with Crippen LogP contribution in [0.4, 0.5) is 0 Å². The molecule has 0 unspecified atom stereocenters. The molecule has 0 aromatic carbocycles. The Hall–Kier alpha value is 0.210. The van der Waals surface area contributed by atoms with E-state index in [1.54, 1.807) is 0 Å². The fourth-order valence-corrected chi connectivity index (χ4v) is 0.948. The second-order valence-corrected chi connectivity index (χ2v) is 2.61. The fourth-order valence-electron chi connectivity index (χ4n) is 0.709. The Morgan fingerprint density at radius 2 is 1.80 bits per heavy atom. The van der Waals surface area contributed by atoms with Crippen LogP contribution in [0.3, 0.4) is 0 Å². The van der Waals surface area contributed by atoms with Crippen molar-refractivity contribution in [2.24, 2.45) is 0 Å². The Kier molecular flexibility index (Phi) is 4.10. The number of halogens is 1. The minimum Gasteiger partial charge on any atom is -0.0768 e. The van der Waals surface area contributed by atoms with Gasteiger partial charge in [-0.1, -0.05) is 40.8 Å². The predicted octanol–water partition coefficient (Wildman–Crippen LogP) is 2.90. The smallest absolute Gasteiger partial charge is 0.00499 e. The molecule has 0 bridgehead atoms. The van der Waals surface area contributed by atoms with Crippen molar-refractivity contribution in [1.29, 1.82) is 0 Å². The van der Waals surface area contributed by atoms with Gasteiger partial charge in [0.15, 0.2) is 0 Å². The van der Waals surface area contributed by atoms with E-state index in [-0.39, 0.29) is 0 Å². The lowest BCUT2D eigenvalue weighted by atomic mass is 10.1. The van der Waals surface area contributed by atoms with Crippen molar-refractivity contribution >= 4 is 22.6 Å². The van der Waals surface area contributed by atoms with Gasteiger partial charge in [0.25, 0.3) is 0 Å². The first kappa shape index (κ1) is 8.31. The van der Waals surface area contributed by atoms with Gasteiger partial charge in [0.05, 0.1) is 0 Å². The van der Waals surface area contributed by atoms with Crippen LogP contribution >= 0.6 is 22.6 Å². The lowest BCUT2D eigenvalue weighted by Crippen LogP contribution is -1.82. The van der Waals surface area contributed by atoms with Crippen LogP contribution in [-0.4, -0.2) is 0 Å². The first-order valence-corrected chi connectivity index (χ1v) is 4.33. The molecule has 51 valence electrons. The Morgan fingerprint density at radius 1 is 1.10 bits per heavy atom. The zero-order valence-electron chi connectivity index (χ0n) is 5.50. The van der Waals surface area contributed by atoms with Gasteiger partial charge in [-0.2, -0.15) is 0 Å². The standard InChI is InChI=1S/C9H8I/c10-8-4-3-7-9-5-1-2-6-9/h1-8H/b7-3+,8-4+. The first-order valence-electron chi connectivity index (χ1n) is 3.08. The van der Waals surface area contributed by atoms with Gasteiger partial charge >= 0.3 is 0 Å². The maximum atomic E-state index is 2.20. The Morgan fingerprint density at radius 3 is 2.40 bits per heavy atom. The van der Waals surface area contributed by atoms with E-state index < -0.39 is 0 Å². The van der Waals surface area contributed by atoms with Gasteiger partial charge in [0, 0.05) is 5.92 Å². The molecule has 1 saturated carbocycles. The van der Waals surface area contributed by atoms with Gasteiger partial charge in [0.1, 0.15) is 0 Å². The van der Waals surface area contributed by atoms with Crippen LogP contribution in [0, 0.1) is 31.6 Å². The van der Waals surface area contributed by atoms with Crippen molar-refractivity contribution in [3.63, 3.8) is 0 Å². The lowest BCUT2D eigenvalue weighted by Gasteiger charge is -1.94. The van der Waals surface area contributed by atoms with Crippen molar-refractivity contribution in [2.75, 3.05) is 0 Å². The summed E-state index contributed by atoms with van der Waals surface area (Å²) in [5, 5.41) is 0. The second-order valence-electron chi connectivity index (χ2n) is 1.90. The molecule has 0 aliphatic heterocycles. The Bertz CT molecular complexity index is 130. The summed E-state index contributed by atoms with van der Waals surface area (Å²) < 4.78 is 1.98. The van der Waals surface area contributed by atoms with Crippen molar-refractivity contribution in [2.45, 2.75) is 0 Å². The molecule has 0 nitrogen and oxygen atoms in total. The molecule has 1 rings (SSSR count). The Labute approximate surface area is 76.5 Å². The molecule has 0 saturated heterocycles. The molecule has 0 aromatic rings. The van der Waals surface area contributed by atoms with Crippen LogP contribution in [0.25, 0.3) is 0 Å². The molecule has 1 aliphatic carbocycles. The summed E-state index contributed by atoms with van der Waals surface area (Å²) in [4.78, 5) is 0. The van der Waals surface area contributed by atoms with E-state index in [1.165, 1.54) is 5.92 Å². The van der Waals surface area contributed by atoms with Gasteiger partial charge in [-0.05, 0) is 29.8 Å². The molecule has 0 N–H and O–H groups in total. The third-order valence-corrected chi connectivity index (χ3v) is 1.58. The van der Waals surface area contributed by atoms with E-state index in [2.05, 4.69) is 41.5 Å². The molecule has 0 atom stereocenters. The van der Waals surface area contributed by atoms with Crippen molar-refractivity contribution in [3.05, 3.63) is 53.9 Å². The highest BCUT2D eigenvalue weighted by Crippen LogP contribution is 2.23. The van der Waals surface area contributed by atoms with E-state index >= 15 is 0 Å². The molecule has 1 heteroatoms. The first-order chi connectivity index (χ1) is 4.93. The summed E-state index contributed by atoms with van der Waals surface area (Å²) in [6.45, 7) is 0. The zero-order valence-corrected chi connectivity index (χ0v) is 7.65. The normalized spacial score (nSPS) is 21.7. The molecule has 0 aromatic heterocycles. The number of rotatable bonds is 2. The fraction of sp³-hybridized carbons (Fsp3) is 0. The monoisotopic (exact) mass is 243 g/mol. The molecule has 5 radical (unpaired) electrons. The molecular weight excluding hydrogens is 235 g/mol. The van der Waals surface area contributed by atoms with Crippen molar-refractivity contribution in [1.82, 2.24) is 0 Å². The lowest BCUT2D eigenvalue weighted by molar-refractivity contribution is 1.38. The summed E-state index contributed by atoms with van der Waals surface area (Å²) in [7, 11) is 0. The van der Waals surface area contributed by atoms with E-state index in [0.717, 1.165) is 0 Å². The third kappa shape index (κ3) is 2.86. The van der Waals surface area contributed by atoms with E-state index in [9.17, 15) is 0 Å².